The Morgan fingerprint density at radius 2 is 2.33 bits per heavy atom. The van der Waals surface area contributed by atoms with E-state index in [4.69, 9.17) is 5.26 Å². The minimum absolute atomic E-state index is 0.202. The Labute approximate surface area is 103 Å². The van der Waals surface area contributed by atoms with E-state index in [1.54, 1.807) is 17.7 Å². The van der Waals surface area contributed by atoms with Crippen molar-refractivity contribution in [3.63, 3.8) is 0 Å². The van der Waals surface area contributed by atoms with Crippen molar-refractivity contribution in [2.24, 2.45) is 7.05 Å². The molecule has 1 aromatic heterocycles. The Kier molecular flexibility index (Phi) is 3.20. The summed E-state index contributed by atoms with van der Waals surface area (Å²) in [5, 5.41) is 9.08. The van der Waals surface area contributed by atoms with Crippen molar-refractivity contribution in [2.45, 2.75) is 5.92 Å². The SMILES string of the molecule is Cn1cnc(C(=O)C(C#N)c2cccc(F)c2)c1. The van der Waals surface area contributed by atoms with E-state index >= 15 is 0 Å². The molecule has 0 saturated carbocycles. The zero-order valence-electron chi connectivity index (χ0n) is 9.67. The van der Waals surface area contributed by atoms with Crippen molar-refractivity contribution in [3.05, 3.63) is 53.9 Å². The third-order valence-electron chi connectivity index (χ3n) is 2.53. The highest BCUT2D eigenvalue weighted by Gasteiger charge is 2.23. The third-order valence-corrected chi connectivity index (χ3v) is 2.53. The lowest BCUT2D eigenvalue weighted by molar-refractivity contribution is 0.0974. The smallest absolute Gasteiger partial charge is 0.204 e. The predicted octanol–water partition coefficient (Wildman–Crippen LogP) is 2.05. The first kappa shape index (κ1) is 12.0. The van der Waals surface area contributed by atoms with Crippen LogP contribution < -0.4 is 0 Å². The van der Waals surface area contributed by atoms with Crippen LogP contribution in [0.15, 0.2) is 36.8 Å². The number of rotatable bonds is 3. The Morgan fingerprint density at radius 1 is 1.56 bits per heavy atom. The number of aromatic nitrogens is 2. The Morgan fingerprint density at radius 3 is 2.89 bits per heavy atom. The second-order valence-electron chi connectivity index (χ2n) is 3.91. The topological polar surface area (TPSA) is 58.7 Å². The van der Waals surface area contributed by atoms with Gasteiger partial charge in [0.05, 0.1) is 12.4 Å². The van der Waals surface area contributed by atoms with Gasteiger partial charge in [-0.1, -0.05) is 12.1 Å². The number of carbonyl (C=O) groups is 1. The maximum atomic E-state index is 13.1. The fraction of sp³-hybridized carbons (Fsp3) is 0.154. The van der Waals surface area contributed by atoms with Crippen LogP contribution in [0.1, 0.15) is 22.0 Å². The van der Waals surface area contributed by atoms with Gasteiger partial charge >= 0.3 is 0 Å². The van der Waals surface area contributed by atoms with E-state index in [0.717, 1.165) is 0 Å². The maximum Gasteiger partial charge on any atom is 0.204 e. The number of halogens is 1. The molecule has 0 aliphatic heterocycles. The number of Topliss-reactive ketones (excluding diaryl/α,β-unsaturated/α-hetero) is 1. The molecule has 90 valence electrons. The molecule has 1 aromatic carbocycles. The van der Waals surface area contributed by atoms with Crippen LogP contribution in [0.25, 0.3) is 0 Å². The van der Waals surface area contributed by atoms with E-state index in [9.17, 15) is 9.18 Å². The lowest BCUT2D eigenvalue weighted by atomic mass is 9.94. The molecule has 0 aliphatic rings. The summed E-state index contributed by atoms with van der Waals surface area (Å²) in [6.07, 6.45) is 3.01. The van der Waals surface area contributed by atoms with Gasteiger partial charge in [-0.15, -0.1) is 0 Å². The molecule has 0 spiro atoms. The standard InChI is InChI=1S/C13H10FN3O/c1-17-7-12(16-8-17)13(18)11(6-15)9-3-2-4-10(14)5-9/h2-5,7-8,11H,1H3. The molecule has 1 heterocycles. The molecule has 4 nitrogen and oxygen atoms in total. The van der Waals surface area contributed by atoms with Crippen LogP contribution in [-0.4, -0.2) is 15.3 Å². The van der Waals surface area contributed by atoms with Gasteiger partial charge in [-0.3, -0.25) is 4.79 Å². The molecule has 1 atom stereocenters. The average Bonchev–Trinajstić information content (AvgIpc) is 2.77. The normalized spacial score (nSPS) is 11.8. The monoisotopic (exact) mass is 243 g/mol. The maximum absolute atomic E-state index is 13.1. The molecule has 2 aromatic rings. The zero-order chi connectivity index (χ0) is 13.1. The fourth-order valence-corrected chi connectivity index (χ4v) is 1.66. The van der Waals surface area contributed by atoms with Crippen LogP contribution in [0.4, 0.5) is 4.39 Å². The van der Waals surface area contributed by atoms with Gasteiger partial charge in [-0.25, -0.2) is 9.37 Å². The molecule has 1 unspecified atom stereocenters. The van der Waals surface area contributed by atoms with Gasteiger partial charge in [0.2, 0.25) is 5.78 Å². The number of hydrogen-bond acceptors (Lipinski definition) is 3. The van der Waals surface area contributed by atoms with Crippen molar-refractivity contribution in [3.8, 4) is 6.07 Å². The number of ketones is 1. The highest BCUT2D eigenvalue weighted by molar-refractivity contribution is 6.01. The van der Waals surface area contributed by atoms with E-state index in [1.165, 1.54) is 30.7 Å². The highest BCUT2D eigenvalue weighted by Crippen LogP contribution is 2.20. The first-order chi connectivity index (χ1) is 8.61. The van der Waals surface area contributed by atoms with Crippen LogP contribution >= 0.6 is 0 Å². The summed E-state index contributed by atoms with van der Waals surface area (Å²) in [6, 6.07) is 7.37. The second kappa shape index (κ2) is 4.80. The first-order valence-corrected chi connectivity index (χ1v) is 5.29. The Balaban J connectivity index is 2.35. The second-order valence-corrected chi connectivity index (χ2v) is 3.91. The molecule has 0 radical (unpaired) electrons. The van der Waals surface area contributed by atoms with Crippen LogP contribution in [-0.2, 0) is 7.05 Å². The van der Waals surface area contributed by atoms with Gasteiger partial charge in [0, 0.05) is 13.2 Å². The molecule has 0 aliphatic carbocycles. The van der Waals surface area contributed by atoms with E-state index in [0.29, 0.717) is 5.56 Å². The molecule has 0 fully saturated rings. The number of benzene rings is 1. The quantitative estimate of drug-likeness (QED) is 0.775. The van der Waals surface area contributed by atoms with Crippen LogP contribution in [0.3, 0.4) is 0 Å². The van der Waals surface area contributed by atoms with Crippen LogP contribution in [0, 0.1) is 17.1 Å². The first-order valence-electron chi connectivity index (χ1n) is 5.29. The summed E-state index contributed by atoms with van der Waals surface area (Å²) in [6.45, 7) is 0. The lowest BCUT2D eigenvalue weighted by Gasteiger charge is -2.06. The van der Waals surface area contributed by atoms with Crippen molar-refractivity contribution < 1.29 is 9.18 Å². The molecule has 0 bridgehead atoms. The molecule has 5 heteroatoms. The van der Waals surface area contributed by atoms with Gasteiger partial charge in [-0.05, 0) is 17.7 Å². The van der Waals surface area contributed by atoms with E-state index < -0.39 is 17.5 Å². The van der Waals surface area contributed by atoms with Crippen LogP contribution in [0.2, 0.25) is 0 Å². The van der Waals surface area contributed by atoms with Crippen molar-refractivity contribution >= 4 is 5.78 Å². The van der Waals surface area contributed by atoms with E-state index in [1.807, 2.05) is 6.07 Å². The predicted molar refractivity (Wildman–Crippen MR) is 62.3 cm³/mol. The summed E-state index contributed by atoms with van der Waals surface area (Å²) < 4.78 is 14.7. The van der Waals surface area contributed by atoms with Gasteiger partial charge in [0.15, 0.2) is 0 Å². The molecule has 0 amide bonds. The third kappa shape index (κ3) is 2.28. The summed E-state index contributed by atoms with van der Waals surface area (Å²) in [7, 11) is 1.73. The van der Waals surface area contributed by atoms with Gasteiger partial charge in [0.1, 0.15) is 17.4 Å². The number of nitrogens with zero attached hydrogens (tertiary/aromatic N) is 3. The van der Waals surface area contributed by atoms with Gasteiger partial charge in [0.25, 0.3) is 0 Å². The lowest BCUT2D eigenvalue weighted by Crippen LogP contribution is -2.12. The fourth-order valence-electron chi connectivity index (χ4n) is 1.66. The Hall–Kier alpha value is -2.48. The molecular formula is C13H10FN3O. The minimum Gasteiger partial charge on any atom is -0.340 e. The molecule has 18 heavy (non-hydrogen) atoms. The van der Waals surface area contributed by atoms with Crippen LogP contribution in [0.5, 0.6) is 0 Å². The molecule has 0 N–H and O–H groups in total. The molecular weight excluding hydrogens is 233 g/mol. The molecule has 0 saturated heterocycles. The minimum atomic E-state index is -1.03. The summed E-state index contributed by atoms with van der Waals surface area (Å²) in [5.74, 6) is -1.93. The number of hydrogen-bond donors (Lipinski definition) is 0. The highest BCUT2D eigenvalue weighted by atomic mass is 19.1. The number of carbonyl (C=O) groups excluding carboxylic acids is 1. The number of aryl methyl sites for hydroxylation is 1. The average molecular weight is 243 g/mol. The number of imidazole rings is 1. The summed E-state index contributed by atoms with van der Waals surface area (Å²) >= 11 is 0. The van der Waals surface area contributed by atoms with Crippen molar-refractivity contribution in [2.75, 3.05) is 0 Å². The molecule has 2 rings (SSSR count). The summed E-state index contributed by atoms with van der Waals surface area (Å²) in [5.41, 5.74) is 0.543. The van der Waals surface area contributed by atoms with Gasteiger partial charge < -0.3 is 4.57 Å². The van der Waals surface area contributed by atoms with E-state index in [2.05, 4.69) is 4.98 Å². The largest absolute Gasteiger partial charge is 0.340 e. The van der Waals surface area contributed by atoms with Gasteiger partial charge in [-0.2, -0.15) is 5.26 Å². The Bertz CT molecular complexity index is 627. The van der Waals surface area contributed by atoms with E-state index in [-0.39, 0.29) is 5.69 Å². The van der Waals surface area contributed by atoms with Crippen molar-refractivity contribution in [1.29, 1.82) is 5.26 Å². The summed E-state index contributed by atoms with van der Waals surface area (Å²) in [4.78, 5) is 16.0. The zero-order valence-corrected chi connectivity index (χ0v) is 9.67. The number of nitriles is 1. The van der Waals surface area contributed by atoms with Crippen molar-refractivity contribution in [1.82, 2.24) is 9.55 Å².